The maximum atomic E-state index is 13.4. The number of ether oxygens (including phenoxy) is 2. The van der Waals surface area contributed by atoms with E-state index in [1.807, 2.05) is 18.4 Å². The van der Waals surface area contributed by atoms with Crippen molar-refractivity contribution in [2.24, 2.45) is 0 Å². The second kappa shape index (κ2) is 9.12. The first kappa shape index (κ1) is 22.0. The molecular formula is C25H25NO5S. The first-order valence-corrected chi connectivity index (χ1v) is 11.4. The maximum Gasteiger partial charge on any atom is 0.337 e. The van der Waals surface area contributed by atoms with Crippen molar-refractivity contribution in [3.8, 4) is 0 Å². The van der Waals surface area contributed by atoms with Crippen LogP contribution in [0.2, 0.25) is 0 Å². The summed E-state index contributed by atoms with van der Waals surface area (Å²) in [6.45, 7) is 3.83. The van der Waals surface area contributed by atoms with Crippen molar-refractivity contribution in [3.05, 3.63) is 80.3 Å². The van der Waals surface area contributed by atoms with Crippen molar-refractivity contribution in [3.63, 3.8) is 0 Å². The summed E-state index contributed by atoms with van der Waals surface area (Å²) in [7, 11) is 1.33. The number of carbonyl (C=O) groups excluding carboxylic acids is 3. The Labute approximate surface area is 190 Å². The Hall–Kier alpha value is -3.19. The summed E-state index contributed by atoms with van der Waals surface area (Å²) in [6, 6.07) is 10.9. The third-order valence-corrected chi connectivity index (χ3v) is 6.97. The molecule has 7 heteroatoms. The summed E-state index contributed by atoms with van der Waals surface area (Å²) in [6.07, 6.45) is 1.10. The van der Waals surface area contributed by atoms with Crippen LogP contribution in [-0.2, 0) is 19.1 Å². The standard InChI is InChI=1S/C25H25NO5S/c1-4-31-25(29)21-14(2)26-18-12-17(20-6-5-11-32-20)13-19(27)23(18)22(21)15-7-9-16(10-8-15)24(28)30-3/h5-11,17,22,26H,4,12-13H2,1-3H3/t17-,22+/m1/s1. The van der Waals surface area contributed by atoms with Crippen LogP contribution in [0.15, 0.2) is 64.3 Å². The van der Waals surface area contributed by atoms with Crippen LogP contribution in [0.1, 0.15) is 59.3 Å². The van der Waals surface area contributed by atoms with Crippen molar-refractivity contribution in [2.45, 2.75) is 38.5 Å². The van der Waals surface area contributed by atoms with Crippen molar-refractivity contribution in [1.82, 2.24) is 5.32 Å². The van der Waals surface area contributed by atoms with E-state index in [1.54, 1.807) is 42.5 Å². The molecule has 0 spiro atoms. The lowest BCUT2D eigenvalue weighted by Gasteiger charge is -2.36. The number of allylic oxidation sites excluding steroid dienone is 3. The minimum absolute atomic E-state index is 0.0218. The zero-order valence-electron chi connectivity index (χ0n) is 18.3. The van der Waals surface area contributed by atoms with Gasteiger partial charge in [0.25, 0.3) is 0 Å². The number of rotatable bonds is 5. The molecule has 6 nitrogen and oxygen atoms in total. The third kappa shape index (κ3) is 4.00. The van der Waals surface area contributed by atoms with Crippen LogP contribution in [-0.4, -0.2) is 31.4 Å². The number of dihydropyridines is 1. The van der Waals surface area contributed by atoms with Gasteiger partial charge in [-0.3, -0.25) is 4.79 Å². The molecule has 2 aromatic rings. The summed E-state index contributed by atoms with van der Waals surface area (Å²) in [5, 5.41) is 5.36. The molecule has 2 atom stereocenters. The first-order valence-electron chi connectivity index (χ1n) is 10.6. The molecule has 0 unspecified atom stereocenters. The molecule has 1 aliphatic carbocycles. The average Bonchev–Trinajstić information content (AvgIpc) is 3.33. The van der Waals surface area contributed by atoms with Gasteiger partial charge in [0.1, 0.15) is 0 Å². The Kier molecular flexibility index (Phi) is 6.28. The summed E-state index contributed by atoms with van der Waals surface area (Å²) in [5.41, 5.74) is 3.75. The van der Waals surface area contributed by atoms with Crippen LogP contribution in [0.25, 0.3) is 0 Å². The average molecular weight is 452 g/mol. The normalized spacial score (nSPS) is 20.5. The number of ketones is 1. The highest BCUT2D eigenvalue weighted by molar-refractivity contribution is 7.10. The highest BCUT2D eigenvalue weighted by atomic mass is 32.1. The Morgan fingerprint density at radius 2 is 1.88 bits per heavy atom. The topological polar surface area (TPSA) is 81.7 Å². The lowest BCUT2D eigenvalue weighted by atomic mass is 9.72. The minimum Gasteiger partial charge on any atom is -0.465 e. The summed E-state index contributed by atoms with van der Waals surface area (Å²) < 4.78 is 10.1. The lowest BCUT2D eigenvalue weighted by molar-refractivity contribution is -0.138. The molecule has 4 rings (SSSR count). The molecule has 1 aliphatic heterocycles. The van der Waals surface area contributed by atoms with Crippen LogP contribution in [0.4, 0.5) is 0 Å². The zero-order valence-corrected chi connectivity index (χ0v) is 19.1. The van der Waals surface area contributed by atoms with E-state index in [4.69, 9.17) is 9.47 Å². The zero-order chi connectivity index (χ0) is 22.8. The van der Waals surface area contributed by atoms with Crippen molar-refractivity contribution >= 4 is 29.1 Å². The van der Waals surface area contributed by atoms with E-state index in [0.29, 0.717) is 35.2 Å². The number of thiophene rings is 1. The van der Waals surface area contributed by atoms with Gasteiger partial charge in [0, 0.05) is 40.1 Å². The number of benzene rings is 1. The summed E-state index contributed by atoms with van der Waals surface area (Å²) >= 11 is 1.65. The largest absolute Gasteiger partial charge is 0.465 e. The molecule has 0 bridgehead atoms. The van der Waals surface area contributed by atoms with Gasteiger partial charge in [-0.25, -0.2) is 9.59 Å². The Bertz CT molecular complexity index is 1110. The van der Waals surface area contributed by atoms with Crippen LogP contribution in [0.5, 0.6) is 0 Å². The van der Waals surface area contributed by atoms with Gasteiger partial charge in [0.05, 0.1) is 24.9 Å². The Balaban J connectivity index is 1.79. The predicted molar refractivity (Wildman–Crippen MR) is 121 cm³/mol. The fourth-order valence-corrected chi connectivity index (χ4v) is 5.34. The number of methoxy groups -OCH3 is 1. The van der Waals surface area contributed by atoms with Crippen LogP contribution < -0.4 is 5.32 Å². The number of hydrogen-bond donors (Lipinski definition) is 1. The van der Waals surface area contributed by atoms with Crippen molar-refractivity contribution < 1.29 is 23.9 Å². The second-order valence-corrected chi connectivity index (χ2v) is 8.85. The second-order valence-electron chi connectivity index (χ2n) is 7.87. The number of carbonyl (C=O) groups is 3. The lowest BCUT2D eigenvalue weighted by Crippen LogP contribution is -2.36. The number of hydrogen-bond acceptors (Lipinski definition) is 7. The highest BCUT2D eigenvalue weighted by Crippen LogP contribution is 2.46. The van der Waals surface area contributed by atoms with E-state index in [-0.39, 0.29) is 18.3 Å². The fraction of sp³-hybridized carbons (Fsp3) is 0.320. The Morgan fingerprint density at radius 1 is 1.12 bits per heavy atom. The van der Waals surface area contributed by atoms with E-state index < -0.39 is 17.9 Å². The van der Waals surface area contributed by atoms with Crippen LogP contribution in [0, 0.1) is 0 Å². The van der Waals surface area contributed by atoms with Gasteiger partial charge in [-0.05, 0) is 49.4 Å². The first-order chi connectivity index (χ1) is 15.4. The highest BCUT2D eigenvalue weighted by Gasteiger charge is 2.41. The van der Waals surface area contributed by atoms with Crippen LogP contribution in [0.3, 0.4) is 0 Å². The van der Waals surface area contributed by atoms with Gasteiger partial charge in [-0.2, -0.15) is 0 Å². The molecule has 2 heterocycles. The number of nitrogens with one attached hydrogen (secondary N) is 1. The molecule has 1 aromatic heterocycles. The molecule has 1 aromatic carbocycles. The molecule has 0 saturated carbocycles. The van der Waals surface area contributed by atoms with Crippen molar-refractivity contribution in [1.29, 1.82) is 0 Å². The molecule has 1 N–H and O–H groups in total. The fourth-order valence-electron chi connectivity index (χ4n) is 4.51. The molecule has 0 amide bonds. The van der Waals surface area contributed by atoms with Gasteiger partial charge in [-0.1, -0.05) is 18.2 Å². The van der Waals surface area contributed by atoms with Gasteiger partial charge in [0.15, 0.2) is 5.78 Å². The van der Waals surface area contributed by atoms with Gasteiger partial charge >= 0.3 is 11.9 Å². The van der Waals surface area contributed by atoms with Crippen molar-refractivity contribution in [2.75, 3.05) is 13.7 Å². The smallest absolute Gasteiger partial charge is 0.337 e. The van der Waals surface area contributed by atoms with E-state index in [1.165, 1.54) is 12.0 Å². The molecule has 0 saturated heterocycles. The molecular weight excluding hydrogens is 426 g/mol. The molecule has 2 aliphatic rings. The van der Waals surface area contributed by atoms with E-state index in [9.17, 15) is 14.4 Å². The number of esters is 2. The molecule has 0 radical (unpaired) electrons. The minimum atomic E-state index is -0.547. The van der Waals surface area contributed by atoms with Gasteiger partial charge in [0.2, 0.25) is 0 Å². The SMILES string of the molecule is CCOC(=O)C1=C(C)NC2=C(C(=O)C[C@H](c3cccs3)C2)[C@H]1c1ccc(C(=O)OC)cc1. The Morgan fingerprint density at radius 3 is 2.50 bits per heavy atom. The number of Topliss-reactive ketones (excluding diaryl/α,β-unsaturated/α-hetero) is 1. The third-order valence-electron chi connectivity index (χ3n) is 5.93. The summed E-state index contributed by atoms with van der Waals surface area (Å²) in [5.74, 6) is -1.29. The molecule has 166 valence electrons. The monoisotopic (exact) mass is 451 g/mol. The molecule has 32 heavy (non-hydrogen) atoms. The summed E-state index contributed by atoms with van der Waals surface area (Å²) in [4.78, 5) is 39.4. The van der Waals surface area contributed by atoms with E-state index >= 15 is 0 Å². The predicted octanol–water partition coefficient (Wildman–Crippen LogP) is 4.46. The quantitative estimate of drug-likeness (QED) is 0.676. The van der Waals surface area contributed by atoms with Crippen LogP contribution >= 0.6 is 11.3 Å². The van der Waals surface area contributed by atoms with Gasteiger partial charge < -0.3 is 14.8 Å². The molecule has 0 fully saturated rings. The maximum absolute atomic E-state index is 13.4. The van der Waals surface area contributed by atoms with E-state index in [0.717, 1.165) is 11.3 Å². The van der Waals surface area contributed by atoms with E-state index in [2.05, 4.69) is 11.4 Å². The van der Waals surface area contributed by atoms with Gasteiger partial charge in [-0.15, -0.1) is 11.3 Å².